The highest BCUT2D eigenvalue weighted by Crippen LogP contribution is 2.32. The quantitative estimate of drug-likeness (QED) is 0.318. The number of para-hydroxylation sites is 1. The van der Waals surface area contributed by atoms with E-state index in [2.05, 4.69) is 10.3 Å². The molecule has 0 bridgehead atoms. The fourth-order valence-corrected chi connectivity index (χ4v) is 3.01. The van der Waals surface area contributed by atoms with E-state index >= 15 is 0 Å². The number of methoxy groups -OCH3 is 2. The summed E-state index contributed by atoms with van der Waals surface area (Å²) in [6, 6.07) is 5.86. The lowest BCUT2D eigenvalue weighted by Gasteiger charge is -2.32. The number of carbonyl (C=O) groups excluding carboxylic acids is 1. The molecule has 1 heterocycles. The lowest BCUT2D eigenvalue weighted by molar-refractivity contribution is -0.126. The van der Waals surface area contributed by atoms with Crippen LogP contribution in [0.25, 0.3) is 0 Å². The van der Waals surface area contributed by atoms with Gasteiger partial charge in [0.1, 0.15) is 6.61 Å². The summed E-state index contributed by atoms with van der Waals surface area (Å²) in [5.74, 6) is 6.55. The molecule has 1 aliphatic rings. The lowest BCUT2D eigenvalue weighted by Crippen LogP contribution is -2.44. The zero-order valence-corrected chi connectivity index (χ0v) is 14.4. The molecule has 1 fully saturated rings. The van der Waals surface area contributed by atoms with Crippen LogP contribution in [0.4, 0.5) is 0 Å². The average Bonchev–Trinajstić information content (AvgIpc) is 2.62. The predicted molar refractivity (Wildman–Crippen MR) is 90.7 cm³/mol. The van der Waals surface area contributed by atoms with Gasteiger partial charge >= 0.3 is 0 Å². The van der Waals surface area contributed by atoms with E-state index in [9.17, 15) is 4.79 Å². The molecular formula is C17H27N3O4. The van der Waals surface area contributed by atoms with Crippen molar-refractivity contribution in [3.63, 3.8) is 0 Å². The van der Waals surface area contributed by atoms with Crippen molar-refractivity contribution in [1.29, 1.82) is 0 Å². The summed E-state index contributed by atoms with van der Waals surface area (Å²) in [5, 5.41) is 0. The third-order valence-corrected chi connectivity index (χ3v) is 4.23. The molecule has 2 rings (SSSR count). The Morgan fingerprint density at radius 1 is 1.38 bits per heavy atom. The first kappa shape index (κ1) is 18.5. The number of likely N-dealkylation sites (tertiary alicyclic amines) is 1. The van der Waals surface area contributed by atoms with Crippen LogP contribution in [0.1, 0.15) is 18.4 Å². The van der Waals surface area contributed by atoms with Crippen LogP contribution < -0.4 is 20.7 Å². The van der Waals surface area contributed by atoms with Gasteiger partial charge in [-0.3, -0.25) is 15.1 Å². The van der Waals surface area contributed by atoms with E-state index in [0.717, 1.165) is 30.7 Å². The van der Waals surface area contributed by atoms with Crippen molar-refractivity contribution < 1.29 is 19.0 Å². The van der Waals surface area contributed by atoms with Gasteiger partial charge in [0.25, 0.3) is 0 Å². The Hall–Kier alpha value is -1.83. The molecule has 24 heavy (non-hydrogen) atoms. The second-order valence-corrected chi connectivity index (χ2v) is 5.87. The Kier molecular flexibility index (Phi) is 7.30. The SMILES string of the molecule is COCCOc1c(CN2CCCC(C(=O)NN)C2)cccc1OC. The van der Waals surface area contributed by atoms with Gasteiger partial charge in [0, 0.05) is 25.8 Å². The highest BCUT2D eigenvalue weighted by Gasteiger charge is 2.26. The van der Waals surface area contributed by atoms with E-state index < -0.39 is 0 Å². The largest absolute Gasteiger partial charge is 0.493 e. The van der Waals surface area contributed by atoms with Crippen LogP contribution in [0.3, 0.4) is 0 Å². The number of nitrogens with two attached hydrogens (primary N) is 1. The van der Waals surface area contributed by atoms with Crippen LogP contribution in [-0.4, -0.2) is 51.3 Å². The van der Waals surface area contributed by atoms with Gasteiger partial charge in [-0.15, -0.1) is 0 Å². The molecule has 1 saturated heterocycles. The maximum Gasteiger partial charge on any atom is 0.238 e. The molecule has 3 N–H and O–H groups in total. The molecule has 0 spiro atoms. The van der Waals surface area contributed by atoms with E-state index in [1.807, 2.05) is 18.2 Å². The number of hydrogen-bond donors (Lipinski definition) is 2. The molecule has 7 heteroatoms. The minimum absolute atomic E-state index is 0.0628. The predicted octanol–water partition coefficient (Wildman–Crippen LogP) is 0.922. The summed E-state index contributed by atoms with van der Waals surface area (Å²) in [6.45, 7) is 3.32. The Morgan fingerprint density at radius 2 is 2.21 bits per heavy atom. The molecule has 0 aromatic heterocycles. The molecule has 134 valence electrons. The second-order valence-electron chi connectivity index (χ2n) is 5.87. The fraction of sp³-hybridized carbons (Fsp3) is 0.588. The number of amides is 1. The third kappa shape index (κ3) is 4.83. The van der Waals surface area contributed by atoms with Crippen molar-refractivity contribution in [1.82, 2.24) is 10.3 Å². The molecule has 1 amide bonds. The molecule has 1 aromatic carbocycles. The van der Waals surface area contributed by atoms with Gasteiger partial charge in [0.2, 0.25) is 5.91 Å². The van der Waals surface area contributed by atoms with Crippen molar-refractivity contribution >= 4 is 5.91 Å². The van der Waals surface area contributed by atoms with Gasteiger partial charge in [-0.2, -0.15) is 0 Å². The van der Waals surface area contributed by atoms with Crippen molar-refractivity contribution in [2.45, 2.75) is 19.4 Å². The fourth-order valence-electron chi connectivity index (χ4n) is 3.01. The Balaban J connectivity index is 2.08. The van der Waals surface area contributed by atoms with Gasteiger partial charge in [0.15, 0.2) is 11.5 Å². The molecule has 1 unspecified atom stereocenters. The van der Waals surface area contributed by atoms with Crippen LogP contribution in [0.2, 0.25) is 0 Å². The van der Waals surface area contributed by atoms with E-state index in [0.29, 0.717) is 32.1 Å². The summed E-state index contributed by atoms with van der Waals surface area (Å²) in [6.07, 6.45) is 1.84. The van der Waals surface area contributed by atoms with Gasteiger partial charge in [-0.05, 0) is 25.5 Å². The van der Waals surface area contributed by atoms with E-state index in [1.54, 1.807) is 14.2 Å². The highest BCUT2D eigenvalue weighted by atomic mass is 16.5. The minimum Gasteiger partial charge on any atom is -0.493 e. The summed E-state index contributed by atoms with van der Waals surface area (Å²) in [5.41, 5.74) is 3.30. The number of carbonyl (C=O) groups is 1. The van der Waals surface area contributed by atoms with E-state index in [1.165, 1.54) is 0 Å². The smallest absolute Gasteiger partial charge is 0.238 e. The zero-order valence-electron chi connectivity index (χ0n) is 14.4. The standard InChI is InChI=1S/C17H27N3O4/c1-22-9-10-24-16-13(5-3-7-15(16)23-2)11-20-8-4-6-14(12-20)17(21)19-18/h3,5,7,14H,4,6,8-12,18H2,1-2H3,(H,19,21). The number of hydrogen-bond acceptors (Lipinski definition) is 6. The average molecular weight is 337 g/mol. The minimum atomic E-state index is -0.0955. The number of rotatable bonds is 8. The highest BCUT2D eigenvalue weighted by molar-refractivity contribution is 5.78. The topological polar surface area (TPSA) is 86.1 Å². The third-order valence-electron chi connectivity index (χ3n) is 4.23. The van der Waals surface area contributed by atoms with Crippen LogP contribution in [-0.2, 0) is 16.1 Å². The number of ether oxygens (including phenoxy) is 3. The Morgan fingerprint density at radius 3 is 2.92 bits per heavy atom. The first-order chi connectivity index (χ1) is 11.7. The summed E-state index contributed by atoms with van der Waals surface area (Å²) in [7, 11) is 3.27. The molecule has 0 radical (unpaired) electrons. The van der Waals surface area contributed by atoms with E-state index in [4.69, 9.17) is 20.1 Å². The number of piperidine rings is 1. The van der Waals surface area contributed by atoms with E-state index in [-0.39, 0.29) is 11.8 Å². The summed E-state index contributed by atoms with van der Waals surface area (Å²) < 4.78 is 16.3. The molecule has 7 nitrogen and oxygen atoms in total. The maximum atomic E-state index is 11.8. The molecule has 0 saturated carbocycles. The summed E-state index contributed by atoms with van der Waals surface area (Å²) in [4.78, 5) is 14.0. The molecule has 1 atom stereocenters. The van der Waals surface area contributed by atoms with Gasteiger partial charge < -0.3 is 14.2 Å². The normalized spacial score (nSPS) is 18.2. The monoisotopic (exact) mass is 337 g/mol. The van der Waals surface area contributed by atoms with Crippen molar-refractivity contribution in [3.8, 4) is 11.5 Å². The Bertz CT molecular complexity index is 539. The van der Waals surface area contributed by atoms with Crippen molar-refractivity contribution in [2.24, 2.45) is 11.8 Å². The van der Waals surface area contributed by atoms with Crippen LogP contribution in [0.5, 0.6) is 11.5 Å². The molecule has 1 aliphatic heterocycles. The first-order valence-electron chi connectivity index (χ1n) is 8.20. The van der Waals surface area contributed by atoms with Crippen LogP contribution >= 0.6 is 0 Å². The molecule has 1 aromatic rings. The van der Waals surface area contributed by atoms with Gasteiger partial charge in [0.05, 0.1) is 19.6 Å². The van der Waals surface area contributed by atoms with Gasteiger partial charge in [-0.1, -0.05) is 12.1 Å². The van der Waals surface area contributed by atoms with Crippen LogP contribution in [0.15, 0.2) is 18.2 Å². The number of nitrogens with zero attached hydrogens (tertiary/aromatic N) is 1. The second kappa shape index (κ2) is 9.46. The Labute approximate surface area is 143 Å². The maximum absolute atomic E-state index is 11.8. The van der Waals surface area contributed by atoms with Crippen molar-refractivity contribution in [3.05, 3.63) is 23.8 Å². The zero-order chi connectivity index (χ0) is 17.4. The number of nitrogens with one attached hydrogen (secondary N) is 1. The van der Waals surface area contributed by atoms with Gasteiger partial charge in [-0.25, -0.2) is 5.84 Å². The molecule has 0 aliphatic carbocycles. The number of hydrazine groups is 1. The van der Waals surface area contributed by atoms with Crippen molar-refractivity contribution in [2.75, 3.05) is 40.5 Å². The lowest BCUT2D eigenvalue weighted by atomic mass is 9.97. The summed E-state index contributed by atoms with van der Waals surface area (Å²) >= 11 is 0. The first-order valence-corrected chi connectivity index (χ1v) is 8.20. The van der Waals surface area contributed by atoms with Crippen LogP contribution in [0, 0.1) is 5.92 Å². The molecular weight excluding hydrogens is 310 g/mol. The number of benzene rings is 1.